The molecule has 6 heteroatoms. The summed E-state index contributed by atoms with van der Waals surface area (Å²) in [6.07, 6.45) is 4.06. The Morgan fingerprint density at radius 1 is 1.17 bits per heavy atom. The molecule has 0 aliphatic carbocycles. The molecule has 1 aliphatic rings. The van der Waals surface area contributed by atoms with Crippen LogP contribution in [0.15, 0.2) is 35.8 Å². The fraction of sp³-hybridized carbons (Fsp3) is 0.278. The molecule has 1 aliphatic heterocycles. The second-order valence-corrected chi connectivity index (χ2v) is 6.90. The zero-order valence-electron chi connectivity index (χ0n) is 13.8. The second kappa shape index (κ2) is 6.20. The quantitative estimate of drug-likeness (QED) is 0.769. The summed E-state index contributed by atoms with van der Waals surface area (Å²) in [6.45, 7) is 5.09. The lowest BCUT2D eigenvalue weighted by Crippen LogP contribution is -2.25. The number of aryl methyl sites for hydroxylation is 3. The van der Waals surface area contributed by atoms with Crippen molar-refractivity contribution in [2.75, 3.05) is 16.8 Å². The minimum atomic E-state index is 0.584. The molecule has 0 saturated carbocycles. The summed E-state index contributed by atoms with van der Waals surface area (Å²) < 4.78 is 0. The van der Waals surface area contributed by atoms with Crippen molar-refractivity contribution in [1.82, 2.24) is 15.0 Å². The van der Waals surface area contributed by atoms with Gasteiger partial charge in [0.1, 0.15) is 5.82 Å². The summed E-state index contributed by atoms with van der Waals surface area (Å²) in [4.78, 5) is 15.7. The first-order valence-corrected chi connectivity index (χ1v) is 8.96. The normalized spacial score (nSPS) is 13.7. The minimum absolute atomic E-state index is 0.584. The number of rotatable bonds is 3. The van der Waals surface area contributed by atoms with Crippen molar-refractivity contribution >= 4 is 33.9 Å². The van der Waals surface area contributed by atoms with Crippen molar-refractivity contribution in [3.8, 4) is 0 Å². The Kier molecular flexibility index (Phi) is 3.90. The van der Waals surface area contributed by atoms with Gasteiger partial charge in [-0.2, -0.15) is 4.98 Å². The molecule has 5 nitrogen and oxygen atoms in total. The Bertz CT molecular complexity index is 873. The number of thiazole rings is 1. The monoisotopic (exact) mass is 337 g/mol. The summed E-state index contributed by atoms with van der Waals surface area (Å²) in [5.41, 5.74) is 4.95. The molecular formula is C18H19N5S. The van der Waals surface area contributed by atoms with Gasteiger partial charge in [0.2, 0.25) is 5.95 Å². The maximum atomic E-state index is 4.69. The van der Waals surface area contributed by atoms with E-state index in [-0.39, 0.29) is 0 Å². The van der Waals surface area contributed by atoms with Gasteiger partial charge in [0, 0.05) is 23.8 Å². The molecule has 0 radical (unpaired) electrons. The van der Waals surface area contributed by atoms with Crippen LogP contribution in [0.1, 0.15) is 23.2 Å². The third kappa shape index (κ3) is 2.97. The first kappa shape index (κ1) is 15.1. The lowest BCUT2D eigenvalue weighted by atomic mass is 9.99. The molecule has 1 aromatic carbocycles. The van der Waals surface area contributed by atoms with Crippen molar-refractivity contribution in [3.63, 3.8) is 0 Å². The number of hydrogen-bond donors (Lipinski definition) is 1. The van der Waals surface area contributed by atoms with E-state index >= 15 is 0 Å². The van der Waals surface area contributed by atoms with E-state index in [9.17, 15) is 0 Å². The van der Waals surface area contributed by atoms with Crippen LogP contribution < -0.4 is 10.2 Å². The summed E-state index contributed by atoms with van der Waals surface area (Å²) in [5, 5.41) is 6.02. The first-order valence-electron chi connectivity index (χ1n) is 8.08. The van der Waals surface area contributed by atoms with E-state index in [2.05, 4.69) is 45.3 Å². The van der Waals surface area contributed by atoms with Crippen LogP contribution in [0.3, 0.4) is 0 Å². The maximum Gasteiger partial charge on any atom is 0.230 e. The third-order valence-corrected chi connectivity index (χ3v) is 4.98. The Hall–Kier alpha value is -2.47. The standard InChI is InChI=1S/C18H19N5S/c1-12-5-6-15-14(10-12)4-3-9-23(15)16-7-8-19-17(21-16)22-18-20-13(2)11-24-18/h5-8,10-11H,3-4,9H2,1-2H3,(H,19,20,21,22). The van der Waals surface area contributed by atoms with Gasteiger partial charge in [0.15, 0.2) is 5.13 Å². The van der Waals surface area contributed by atoms with Crippen LogP contribution in [0.4, 0.5) is 22.6 Å². The number of nitrogens with one attached hydrogen (secondary N) is 1. The molecule has 3 aromatic rings. The molecule has 0 atom stereocenters. The molecule has 0 spiro atoms. The van der Waals surface area contributed by atoms with Crippen molar-refractivity contribution in [2.24, 2.45) is 0 Å². The second-order valence-electron chi connectivity index (χ2n) is 6.04. The van der Waals surface area contributed by atoms with Crippen LogP contribution in [0.25, 0.3) is 0 Å². The smallest absolute Gasteiger partial charge is 0.230 e. The Balaban J connectivity index is 1.65. The summed E-state index contributed by atoms with van der Waals surface area (Å²) >= 11 is 1.56. The highest BCUT2D eigenvalue weighted by Crippen LogP contribution is 2.33. The average molecular weight is 337 g/mol. The van der Waals surface area contributed by atoms with E-state index in [1.807, 2.05) is 18.4 Å². The van der Waals surface area contributed by atoms with Crippen LogP contribution in [0.5, 0.6) is 0 Å². The fourth-order valence-corrected chi connectivity index (χ4v) is 3.71. The molecule has 0 unspecified atom stereocenters. The van der Waals surface area contributed by atoms with Gasteiger partial charge in [0.05, 0.1) is 5.69 Å². The molecule has 0 saturated heterocycles. The van der Waals surface area contributed by atoms with Gasteiger partial charge >= 0.3 is 0 Å². The molecule has 1 N–H and O–H groups in total. The van der Waals surface area contributed by atoms with Gasteiger partial charge in [0.25, 0.3) is 0 Å². The van der Waals surface area contributed by atoms with Crippen molar-refractivity contribution in [1.29, 1.82) is 0 Å². The number of hydrogen-bond acceptors (Lipinski definition) is 6. The largest absolute Gasteiger partial charge is 0.326 e. The molecule has 0 amide bonds. The number of benzene rings is 1. The Labute approximate surface area is 145 Å². The van der Waals surface area contributed by atoms with Gasteiger partial charge in [-0.05, 0) is 44.4 Å². The van der Waals surface area contributed by atoms with Gasteiger partial charge in [-0.15, -0.1) is 11.3 Å². The molecule has 3 heterocycles. The Morgan fingerprint density at radius 2 is 2.08 bits per heavy atom. The lowest BCUT2D eigenvalue weighted by Gasteiger charge is -2.30. The molecule has 4 rings (SSSR count). The number of fused-ring (bicyclic) bond motifs is 1. The first-order chi connectivity index (χ1) is 11.7. The molecular weight excluding hydrogens is 318 g/mol. The molecule has 24 heavy (non-hydrogen) atoms. The SMILES string of the molecule is Cc1ccc2c(c1)CCCN2c1ccnc(Nc2nc(C)cs2)n1. The zero-order valence-corrected chi connectivity index (χ0v) is 14.6. The van der Waals surface area contributed by atoms with Crippen LogP contribution in [0.2, 0.25) is 0 Å². The highest BCUT2D eigenvalue weighted by molar-refractivity contribution is 7.13. The van der Waals surface area contributed by atoms with E-state index in [1.54, 1.807) is 17.5 Å². The molecule has 0 fully saturated rings. The van der Waals surface area contributed by atoms with E-state index in [0.717, 1.165) is 36.0 Å². The van der Waals surface area contributed by atoms with Gasteiger partial charge in [-0.25, -0.2) is 9.97 Å². The van der Waals surface area contributed by atoms with Crippen LogP contribution >= 0.6 is 11.3 Å². The minimum Gasteiger partial charge on any atom is -0.326 e. The molecule has 0 bridgehead atoms. The predicted octanol–water partition coefficient (Wildman–Crippen LogP) is 4.38. The fourth-order valence-electron chi connectivity index (χ4n) is 3.03. The van der Waals surface area contributed by atoms with Crippen molar-refractivity contribution in [3.05, 3.63) is 52.7 Å². The van der Waals surface area contributed by atoms with Crippen molar-refractivity contribution < 1.29 is 0 Å². The van der Waals surface area contributed by atoms with Gasteiger partial charge in [-0.1, -0.05) is 17.7 Å². The van der Waals surface area contributed by atoms with Crippen LogP contribution in [0, 0.1) is 13.8 Å². The van der Waals surface area contributed by atoms with Gasteiger partial charge in [-0.3, -0.25) is 5.32 Å². The number of nitrogens with zero attached hydrogens (tertiary/aromatic N) is 4. The summed E-state index contributed by atoms with van der Waals surface area (Å²) in [6, 6.07) is 8.60. The summed E-state index contributed by atoms with van der Waals surface area (Å²) in [7, 11) is 0. The Morgan fingerprint density at radius 3 is 2.92 bits per heavy atom. The van der Waals surface area contributed by atoms with Crippen LogP contribution in [-0.2, 0) is 6.42 Å². The highest BCUT2D eigenvalue weighted by atomic mass is 32.1. The summed E-state index contributed by atoms with van der Waals surface area (Å²) in [5.74, 6) is 1.51. The van der Waals surface area contributed by atoms with E-state index < -0.39 is 0 Å². The number of aromatic nitrogens is 3. The maximum absolute atomic E-state index is 4.69. The van der Waals surface area contributed by atoms with E-state index in [4.69, 9.17) is 4.98 Å². The third-order valence-electron chi connectivity index (χ3n) is 4.11. The molecule has 122 valence electrons. The predicted molar refractivity (Wildman–Crippen MR) is 98.7 cm³/mol. The molecule has 2 aromatic heterocycles. The van der Waals surface area contributed by atoms with Crippen LogP contribution in [-0.4, -0.2) is 21.5 Å². The topological polar surface area (TPSA) is 53.9 Å². The lowest BCUT2D eigenvalue weighted by molar-refractivity contribution is 0.758. The van der Waals surface area contributed by atoms with E-state index in [0.29, 0.717) is 5.95 Å². The highest BCUT2D eigenvalue weighted by Gasteiger charge is 2.19. The van der Waals surface area contributed by atoms with Gasteiger partial charge < -0.3 is 4.90 Å². The average Bonchev–Trinajstić information content (AvgIpc) is 2.99. The zero-order chi connectivity index (χ0) is 16.5. The number of anilines is 4. The van der Waals surface area contributed by atoms with Crippen molar-refractivity contribution in [2.45, 2.75) is 26.7 Å². The van der Waals surface area contributed by atoms with E-state index in [1.165, 1.54) is 16.8 Å².